The summed E-state index contributed by atoms with van der Waals surface area (Å²) in [5.74, 6) is 0. The topological polar surface area (TPSA) is 66.9 Å². The van der Waals surface area contributed by atoms with Crippen molar-refractivity contribution in [2.45, 2.75) is 49.6 Å². The Balaban J connectivity index is 2.12. The van der Waals surface area contributed by atoms with Crippen LogP contribution in [0.25, 0.3) is 0 Å². The lowest BCUT2D eigenvalue weighted by Crippen LogP contribution is -2.56. The highest BCUT2D eigenvalue weighted by Crippen LogP contribution is 2.23. The van der Waals surface area contributed by atoms with E-state index in [1.165, 1.54) is 4.31 Å². The van der Waals surface area contributed by atoms with Gasteiger partial charge in [-0.1, -0.05) is 28.1 Å². The zero-order valence-electron chi connectivity index (χ0n) is 15.0. The van der Waals surface area contributed by atoms with Gasteiger partial charge in [0.15, 0.2) is 0 Å². The summed E-state index contributed by atoms with van der Waals surface area (Å²) in [5.41, 5.74) is 0.331. The monoisotopic (exact) mass is 432 g/mol. The molecule has 8 heteroatoms. The molecule has 1 heterocycles. The first kappa shape index (κ1) is 20.2. The number of nitrogens with zero attached hydrogens (tertiary/aromatic N) is 2. The van der Waals surface area contributed by atoms with Crippen molar-refractivity contribution in [3.63, 3.8) is 0 Å². The summed E-state index contributed by atoms with van der Waals surface area (Å²) >= 11 is 3.35. The highest BCUT2D eigenvalue weighted by Gasteiger charge is 2.36. The van der Waals surface area contributed by atoms with Gasteiger partial charge in [-0.05, 0) is 45.4 Å². The van der Waals surface area contributed by atoms with Crippen LogP contribution >= 0.6 is 15.9 Å². The summed E-state index contributed by atoms with van der Waals surface area (Å²) in [5, 5.41) is 0.596. The van der Waals surface area contributed by atoms with Crippen LogP contribution in [0.5, 0.6) is 0 Å². The van der Waals surface area contributed by atoms with Gasteiger partial charge < -0.3 is 9.64 Å². The van der Waals surface area contributed by atoms with Gasteiger partial charge in [-0.2, -0.15) is 4.31 Å². The van der Waals surface area contributed by atoms with Gasteiger partial charge in [-0.25, -0.2) is 13.2 Å². The number of carbonyl (C=O) groups excluding carboxylic acids is 1. The molecule has 0 saturated carbocycles. The van der Waals surface area contributed by atoms with Crippen LogP contribution < -0.4 is 0 Å². The molecule has 2 rings (SSSR count). The minimum absolute atomic E-state index is 0.250. The van der Waals surface area contributed by atoms with E-state index in [2.05, 4.69) is 15.9 Å². The number of ether oxygens (including phenoxy) is 1. The van der Waals surface area contributed by atoms with Gasteiger partial charge >= 0.3 is 6.09 Å². The fraction of sp³-hybridized carbons (Fsp3) is 0.588. The van der Waals surface area contributed by atoms with Gasteiger partial charge in [0, 0.05) is 31.0 Å². The molecule has 1 aliphatic rings. The molecule has 1 unspecified atom stereocenters. The second kappa shape index (κ2) is 7.63. The number of sulfonamides is 1. The molecule has 1 aliphatic heterocycles. The first-order valence-corrected chi connectivity index (χ1v) is 10.8. The second-order valence-corrected chi connectivity index (χ2v) is 9.67. The number of hydrogen-bond acceptors (Lipinski definition) is 4. The van der Waals surface area contributed by atoms with Crippen molar-refractivity contribution in [2.24, 2.45) is 0 Å². The van der Waals surface area contributed by atoms with Crippen LogP contribution in [0, 0.1) is 0 Å². The summed E-state index contributed by atoms with van der Waals surface area (Å²) in [6.07, 6.45) is -0.404. The van der Waals surface area contributed by atoms with Crippen LogP contribution in [0.3, 0.4) is 0 Å². The zero-order chi connectivity index (χ0) is 18.8. The minimum atomic E-state index is -3.58. The SMILES string of the molecule is CC1CN(S(=O)(=O)c2cccc(CBr)c2)CCN1C(=O)OC(C)(C)C. The molecule has 1 aromatic carbocycles. The van der Waals surface area contributed by atoms with Gasteiger partial charge in [-0.15, -0.1) is 0 Å². The lowest BCUT2D eigenvalue weighted by Gasteiger charge is -2.39. The van der Waals surface area contributed by atoms with Crippen LogP contribution in [0.4, 0.5) is 4.79 Å². The smallest absolute Gasteiger partial charge is 0.410 e. The lowest BCUT2D eigenvalue weighted by atomic mass is 10.2. The van der Waals surface area contributed by atoms with E-state index in [0.717, 1.165) is 5.56 Å². The number of piperazine rings is 1. The standard InChI is InChI=1S/C17H25BrN2O4S/c1-13-12-19(8-9-20(13)16(21)24-17(2,3)4)25(22,23)15-7-5-6-14(10-15)11-18/h5-7,10,13H,8-9,11-12H2,1-4H3. The van der Waals surface area contributed by atoms with Gasteiger partial charge in [0.25, 0.3) is 0 Å². The molecule has 1 saturated heterocycles. The summed E-state index contributed by atoms with van der Waals surface area (Å²) in [6, 6.07) is 6.64. The van der Waals surface area contributed by atoms with Gasteiger partial charge in [0.05, 0.1) is 4.90 Å². The Bertz CT molecular complexity index is 730. The fourth-order valence-corrected chi connectivity index (χ4v) is 4.60. The molecule has 140 valence electrons. The highest BCUT2D eigenvalue weighted by atomic mass is 79.9. The molecule has 6 nitrogen and oxygen atoms in total. The molecule has 0 radical (unpaired) electrons. The summed E-state index contributed by atoms with van der Waals surface area (Å²) in [7, 11) is -3.58. The number of rotatable bonds is 3. The largest absolute Gasteiger partial charge is 0.444 e. The molecule has 0 spiro atoms. The average Bonchev–Trinajstić information content (AvgIpc) is 2.53. The Morgan fingerprint density at radius 1 is 1.32 bits per heavy atom. The third kappa shape index (κ3) is 4.95. The maximum Gasteiger partial charge on any atom is 0.410 e. The molecule has 0 N–H and O–H groups in total. The molecule has 0 aromatic heterocycles. The maximum atomic E-state index is 12.9. The van der Waals surface area contributed by atoms with Crippen molar-refractivity contribution in [2.75, 3.05) is 19.6 Å². The van der Waals surface area contributed by atoms with E-state index in [-0.39, 0.29) is 24.0 Å². The molecule has 1 fully saturated rings. The predicted molar refractivity (Wildman–Crippen MR) is 100 cm³/mol. The Kier molecular flexibility index (Phi) is 6.17. The maximum absolute atomic E-state index is 12.9. The van der Waals surface area contributed by atoms with Crippen LogP contribution in [0.1, 0.15) is 33.3 Å². The molecule has 1 atom stereocenters. The van der Waals surface area contributed by atoms with Crippen LogP contribution in [-0.4, -0.2) is 55.0 Å². The molecule has 1 amide bonds. The van der Waals surface area contributed by atoms with Crippen molar-refractivity contribution in [3.8, 4) is 0 Å². The number of halogens is 1. The number of amides is 1. The first-order valence-electron chi connectivity index (χ1n) is 8.19. The zero-order valence-corrected chi connectivity index (χ0v) is 17.4. The summed E-state index contributed by atoms with van der Waals surface area (Å²) < 4.78 is 32.6. The van der Waals surface area contributed by atoms with Crippen molar-refractivity contribution in [1.29, 1.82) is 0 Å². The van der Waals surface area contributed by atoms with E-state index in [4.69, 9.17) is 4.74 Å². The van der Waals surface area contributed by atoms with Crippen LogP contribution in [0.2, 0.25) is 0 Å². The summed E-state index contributed by atoms with van der Waals surface area (Å²) in [4.78, 5) is 14.1. The number of alkyl halides is 1. The fourth-order valence-electron chi connectivity index (χ4n) is 2.67. The average molecular weight is 433 g/mol. The van der Waals surface area contributed by atoms with E-state index >= 15 is 0 Å². The third-order valence-electron chi connectivity index (χ3n) is 3.91. The van der Waals surface area contributed by atoms with Crippen molar-refractivity contribution >= 4 is 32.0 Å². The predicted octanol–water partition coefficient (Wildman–Crippen LogP) is 3.21. The van der Waals surface area contributed by atoms with Crippen molar-refractivity contribution in [1.82, 2.24) is 9.21 Å². The second-order valence-electron chi connectivity index (χ2n) is 7.17. The minimum Gasteiger partial charge on any atom is -0.444 e. The Morgan fingerprint density at radius 3 is 2.56 bits per heavy atom. The van der Waals surface area contributed by atoms with Crippen LogP contribution in [0.15, 0.2) is 29.2 Å². The summed E-state index contributed by atoms with van der Waals surface area (Å²) in [6.45, 7) is 8.09. The van der Waals surface area contributed by atoms with Crippen molar-refractivity contribution < 1.29 is 17.9 Å². The third-order valence-corrected chi connectivity index (χ3v) is 6.42. The van der Waals surface area contributed by atoms with E-state index in [1.807, 2.05) is 33.8 Å². The first-order chi connectivity index (χ1) is 11.5. The quantitative estimate of drug-likeness (QED) is 0.687. The van der Waals surface area contributed by atoms with Crippen molar-refractivity contribution in [3.05, 3.63) is 29.8 Å². The molecular weight excluding hydrogens is 408 g/mol. The van der Waals surface area contributed by atoms with E-state index in [1.54, 1.807) is 23.1 Å². The number of hydrogen-bond donors (Lipinski definition) is 0. The van der Waals surface area contributed by atoms with Gasteiger partial charge in [0.1, 0.15) is 5.60 Å². The Hall–Kier alpha value is -1.12. The molecule has 0 aliphatic carbocycles. The van der Waals surface area contributed by atoms with Gasteiger partial charge in [0.2, 0.25) is 10.0 Å². The Labute approximate surface area is 158 Å². The molecular formula is C17H25BrN2O4S. The van der Waals surface area contributed by atoms with E-state index in [0.29, 0.717) is 11.9 Å². The normalized spacial score (nSPS) is 19.7. The van der Waals surface area contributed by atoms with Crippen LogP contribution in [-0.2, 0) is 20.1 Å². The molecule has 1 aromatic rings. The highest BCUT2D eigenvalue weighted by molar-refractivity contribution is 9.08. The molecule has 25 heavy (non-hydrogen) atoms. The van der Waals surface area contributed by atoms with E-state index in [9.17, 15) is 13.2 Å². The number of carbonyl (C=O) groups is 1. The lowest BCUT2D eigenvalue weighted by molar-refractivity contribution is 0.00859. The van der Waals surface area contributed by atoms with Gasteiger partial charge in [-0.3, -0.25) is 0 Å². The van der Waals surface area contributed by atoms with E-state index < -0.39 is 21.7 Å². The molecule has 0 bridgehead atoms. The Morgan fingerprint density at radius 2 is 2.00 bits per heavy atom. The number of benzene rings is 1.